The van der Waals surface area contributed by atoms with Crippen molar-refractivity contribution in [2.45, 2.75) is 6.54 Å². The predicted molar refractivity (Wildman–Crippen MR) is 70.2 cm³/mol. The summed E-state index contributed by atoms with van der Waals surface area (Å²) in [7, 11) is 3.55. The largest absolute Gasteiger partial charge is 0.496 e. The van der Waals surface area contributed by atoms with Gasteiger partial charge in [-0.3, -0.25) is 4.79 Å². The van der Waals surface area contributed by atoms with Crippen LogP contribution in [0.1, 0.15) is 5.56 Å². The van der Waals surface area contributed by atoms with Crippen LogP contribution in [0.2, 0.25) is 0 Å². The topological polar surface area (TPSA) is 59.0 Å². The van der Waals surface area contributed by atoms with Crippen LogP contribution >= 0.6 is 0 Å². The Kier molecular flexibility index (Phi) is 4.07. The molecule has 2 rings (SSSR count). The molecule has 0 amide bonds. The van der Waals surface area contributed by atoms with Crippen LogP contribution in [-0.2, 0) is 16.1 Å². The van der Waals surface area contributed by atoms with Crippen molar-refractivity contribution < 1.29 is 19.4 Å². The second kappa shape index (κ2) is 5.59. The number of carboxylic acid groups (broad SMARTS) is 1. The Hall–Kier alpha value is -1.59. The Morgan fingerprint density at radius 1 is 1.47 bits per heavy atom. The predicted octanol–water partition coefficient (Wildman–Crippen LogP) is 1.23. The molecule has 1 aliphatic rings. The van der Waals surface area contributed by atoms with Gasteiger partial charge in [-0.25, -0.2) is 0 Å². The average Bonchev–Trinajstić information content (AvgIpc) is 2.34. The Morgan fingerprint density at radius 2 is 2.16 bits per heavy atom. The van der Waals surface area contributed by atoms with Crippen LogP contribution in [0.5, 0.6) is 5.75 Å². The maximum atomic E-state index is 11.3. The van der Waals surface area contributed by atoms with E-state index >= 15 is 0 Å². The van der Waals surface area contributed by atoms with E-state index in [-0.39, 0.29) is 0 Å². The zero-order valence-electron chi connectivity index (χ0n) is 11.3. The van der Waals surface area contributed by atoms with Crippen LogP contribution in [0.15, 0.2) is 24.3 Å². The molecule has 19 heavy (non-hydrogen) atoms. The molecule has 0 saturated carbocycles. The number of nitrogens with zero attached hydrogens (tertiary/aromatic N) is 1. The fourth-order valence-electron chi connectivity index (χ4n) is 2.33. The van der Waals surface area contributed by atoms with Gasteiger partial charge in [-0.2, -0.15) is 0 Å². The number of hydrogen-bond donors (Lipinski definition) is 1. The van der Waals surface area contributed by atoms with Crippen molar-refractivity contribution in [1.82, 2.24) is 4.90 Å². The van der Waals surface area contributed by atoms with E-state index in [2.05, 4.69) is 0 Å². The standard InChI is InChI=1S/C14H19NO4/c1-15(8-14(13(16)17)9-19-10-14)7-11-5-3-4-6-12(11)18-2/h3-6H,7-10H2,1-2H3,(H,16,17). The van der Waals surface area contributed by atoms with Crippen LogP contribution in [0.4, 0.5) is 0 Å². The summed E-state index contributed by atoms with van der Waals surface area (Å²) in [4.78, 5) is 13.3. The second-order valence-corrected chi connectivity index (χ2v) is 5.06. The van der Waals surface area contributed by atoms with Crippen LogP contribution in [0.3, 0.4) is 0 Å². The minimum Gasteiger partial charge on any atom is -0.496 e. The van der Waals surface area contributed by atoms with Gasteiger partial charge in [-0.1, -0.05) is 18.2 Å². The Balaban J connectivity index is 2.01. The van der Waals surface area contributed by atoms with Crippen LogP contribution in [0, 0.1) is 5.41 Å². The molecule has 0 unspecified atom stereocenters. The van der Waals surface area contributed by atoms with Crippen LogP contribution in [0.25, 0.3) is 0 Å². The summed E-state index contributed by atoms with van der Waals surface area (Å²) in [5, 5.41) is 9.27. The molecule has 0 spiro atoms. The summed E-state index contributed by atoms with van der Waals surface area (Å²) >= 11 is 0. The molecule has 1 aromatic rings. The summed E-state index contributed by atoms with van der Waals surface area (Å²) in [6.07, 6.45) is 0. The van der Waals surface area contributed by atoms with E-state index in [4.69, 9.17) is 9.47 Å². The van der Waals surface area contributed by atoms with Gasteiger partial charge in [0.1, 0.15) is 11.2 Å². The number of benzene rings is 1. The molecule has 104 valence electrons. The van der Waals surface area contributed by atoms with Crippen molar-refractivity contribution in [3.8, 4) is 5.75 Å². The summed E-state index contributed by atoms with van der Waals surface area (Å²) < 4.78 is 10.4. The van der Waals surface area contributed by atoms with E-state index in [9.17, 15) is 9.90 Å². The monoisotopic (exact) mass is 265 g/mol. The molecular formula is C14H19NO4. The van der Waals surface area contributed by atoms with E-state index < -0.39 is 11.4 Å². The van der Waals surface area contributed by atoms with E-state index in [1.807, 2.05) is 36.2 Å². The number of aliphatic carboxylic acids is 1. The highest BCUT2D eigenvalue weighted by atomic mass is 16.5. The van der Waals surface area contributed by atoms with E-state index in [0.29, 0.717) is 26.3 Å². The van der Waals surface area contributed by atoms with Crippen molar-refractivity contribution in [2.24, 2.45) is 5.41 Å². The first-order chi connectivity index (χ1) is 9.07. The molecule has 0 bridgehead atoms. The van der Waals surface area contributed by atoms with E-state index in [1.54, 1.807) is 7.11 Å². The Bertz CT molecular complexity index is 457. The maximum Gasteiger partial charge on any atom is 0.315 e. The van der Waals surface area contributed by atoms with Crippen molar-refractivity contribution in [3.63, 3.8) is 0 Å². The fraction of sp³-hybridized carbons (Fsp3) is 0.500. The Labute approximate surface area is 112 Å². The number of para-hydroxylation sites is 1. The molecule has 1 aliphatic heterocycles. The van der Waals surface area contributed by atoms with Gasteiger partial charge in [0.15, 0.2) is 0 Å². The third kappa shape index (κ3) is 2.88. The van der Waals surface area contributed by atoms with Gasteiger partial charge in [-0.05, 0) is 13.1 Å². The molecule has 0 radical (unpaired) electrons. The average molecular weight is 265 g/mol. The normalized spacial score (nSPS) is 17.0. The van der Waals surface area contributed by atoms with Crippen LogP contribution < -0.4 is 4.74 Å². The third-order valence-corrected chi connectivity index (χ3v) is 3.42. The van der Waals surface area contributed by atoms with Gasteiger partial charge in [-0.15, -0.1) is 0 Å². The molecule has 0 aromatic heterocycles. The van der Waals surface area contributed by atoms with Gasteiger partial charge < -0.3 is 19.5 Å². The first kappa shape index (κ1) is 13.8. The summed E-state index contributed by atoms with van der Waals surface area (Å²) in [5.74, 6) is 0.0363. The van der Waals surface area contributed by atoms with Gasteiger partial charge in [0.05, 0.1) is 20.3 Å². The first-order valence-electron chi connectivity index (χ1n) is 6.19. The molecule has 1 saturated heterocycles. The van der Waals surface area contributed by atoms with Gasteiger partial charge in [0.25, 0.3) is 0 Å². The molecule has 0 atom stereocenters. The third-order valence-electron chi connectivity index (χ3n) is 3.42. The molecular weight excluding hydrogens is 246 g/mol. The summed E-state index contributed by atoms with van der Waals surface area (Å²) in [6, 6.07) is 7.76. The first-order valence-corrected chi connectivity index (χ1v) is 6.19. The second-order valence-electron chi connectivity index (χ2n) is 5.06. The zero-order chi connectivity index (χ0) is 13.9. The van der Waals surface area contributed by atoms with Gasteiger partial charge in [0.2, 0.25) is 0 Å². The number of rotatable bonds is 6. The quantitative estimate of drug-likeness (QED) is 0.838. The van der Waals surface area contributed by atoms with Crippen molar-refractivity contribution in [3.05, 3.63) is 29.8 Å². The van der Waals surface area contributed by atoms with Crippen molar-refractivity contribution in [1.29, 1.82) is 0 Å². The minimum absolute atomic E-state index is 0.290. The molecule has 1 heterocycles. The van der Waals surface area contributed by atoms with Gasteiger partial charge in [0, 0.05) is 18.7 Å². The molecule has 1 N–H and O–H groups in total. The Morgan fingerprint density at radius 3 is 2.68 bits per heavy atom. The highest BCUT2D eigenvalue weighted by Gasteiger charge is 2.46. The lowest BCUT2D eigenvalue weighted by Crippen LogP contribution is -2.55. The summed E-state index contributed by atoms with van der Waals surface area (Å²) in [6.45, 7) is 1.70. The summed E-state index contributed by atoms with van der Waals surface area (Å²) in [5.41, 5.74) is 0.296. The highest BCUT2D eigenvalue weighted by Crippen LogP contribution is 2.29. The highest BCUT2D eigenvalue weighted by molar-refractivity contribution is 5.76. The lowest BCUT2D eigenvalue weighted by molar-refractivity contribution is -0.183. The van der Waals surface area contributed by atoms with E-state index in [0.717, 1.165) is 11.3 Å². The maximum absolute atomic E-state index is 11.3. The van der Waals surface area contributed by atoms with Crippen molar-refractivity contribution in [2.75, 3.05) is 33.9 Å². The number of hydrogen-bond acceptors (Lipinski definition) is 4. The molecule has 1 aromatic carbocycles. The molecule has 5 heteroatoms. The molecule has 0 aliphatic carbocycles. The number of methoxy groups -OCH3 is 1. The van der Waals surface area contributed by atoms with Crippen molar-refractivity contribution >= 4 is 5.97 Å². The van der Waals surface area contributed by atoms with E-state index in [1.165, 1.54) is 0 Å². The van der Waals surface area contributed by atoms with Crippen LogP contribution in [-0.4, -0.2) is 49.9 Å². The smallest absolute Gasteiger partial charge is 0.315 e. The number of carboxylic acids is 1. The zero-order valence-corrected chi connectivity index (χ0v) is 11.3. The SMILES string of the molecule is COc1ccccc1CN(C)CC1(C(=O)O)COC1. The molecule has 5 nitrogen and oxygen atoms in total. The lowest BCUT2D eigenvalue weighted by Gasteiger charge is -2.40. The fourth-order valence-corrected chi connectivity index (χ4v) is 2.33. The minimum atomic E-state index is -0.786. The molecule has 1 fully saturated rings. The lowest BCUT2D eigenvalue weighted by atomic mass is 9.85. The van der Waals surface area contributed by atoms with Gasteiger partial charge >= 0.3 is 5.97 Å². The number of carbonyl (C=O) groups is 1. The number of ether oxygens (including phenoxy) is 2.